The number of hydrogen-bond donors (Lipinski definition) is 2. The number of fused-ring (bicyclic) bond motifs is 3. The third-order valence-corrected chi connectivity index (χ3v) is 3.76. The molecule has 0 spiro atoms. The molecule has 124 valence electrons. The van der Waals surface area contributed by atoms with Crippen molar-refractivity contribution < 1.29 is 28.9 Å². The monoisotopic (exact) mass is 330 g/mol. The molecule has 0 saturated heterocycles. The number of rotatable bonds is 3. The molecule has 7 heteroatoms. The van der Waals surface area contributed by atoms with Gasteiger partial charge in [0, 0.05) is 17.2 Å². The topological polar surface area (TPSA) is 106 Å². The molecule has 2 aromatic rings. The number of ether oxygens (including phenoxy) is 2. The average molecular weight is 330 g/mol. The highest BCUT2D eigenvalue weighted by atomic mass is 16.5. The van der Waals surface area contributed by atoms with E-state index in [0.29, 0.717) is 6.29 Å². The summed E-state index contributed by atoms with van der Waals surface area (Å²) in [4.78, 5) is 23.8. The van der Waals surface area contributed by atoms with Crippen molar-refractivity contribution in [3.8, 4) is 34.1 Å². The first-order chi connectivity index (χ1) is 11.5. The molecule has 2 heterocycles. The van der Waals surface area contributed by atoms with E-state index in [1.54, 1.807) is 19.1 Å². The van der Waals surface area contributed by atoms with E-state index in [2.05, 4.69) is 0 Å². The second-order valence-corrected chi connectivity index (χ2v) is 5.08. The molecule has 0 atom stereocenters. The Morgan fingerprint density at radius 3 is 2.62 bits per heavy atom. The Labute approximate surface area is 136 Å². The minimum atomic E-state index is -0.752. The van der Waals surface area contributed by atoms with Gasteiger partial charge in [-0.2, -0.15) is 0 Å². The minimum Gasteiger partial charge on any atom is -0.504 e. The maximum atomic E-state index is 12.3. The second kappa shape index (κ2) is 5.77. The fraction of sp³-hybridized carbons (Fsp3) is 0.176. The van der Waals surface area contributed by atoms with E-state index in [-0.39, 0.29) is 46.1 Å². The van der Waals surface area contributed by atoms with E-state index < -0.39 is 17.1 Å². The molecule has 3 rings (SSSR count). The Kier molecular flexibility index (Phi) is 3.76. The van der Waals surface area contributed by atoms with Crippen molar-refractivity contribution in [2.24, 2.45) is 0 Å². The Morgan fingerprint density at radius 2 is 2.00 bits per heavy atom. The van der Waals surface area contributed by atoms with Crippen molar-refractivity contribution in [2.45, 2.75) is 13.5 Å². The highest BCUT2D eigenvalue weighted by molar-refractivity contribution is 5.93. The lowest BCUT2D eigenvalue weighted by Crippen LogP contribution is -2.16. The van der Waals surface area contributed by atoms with Crippen LogP contribution in [-0.4, -0.2) is 23.6 Å². The van der Waals surface area contributed by atoms with E-state index in [0.717, 1.165) is 0 Å². The van der Waals surface area contributed by atoms with Crippen molar-refractivity contribution >= 4 is 12.4 Å². The first-order valence-electron chi connectivity index (χ1n) is 7.07. The molecular weight excluding hydrogens is 316 g/mol. The summed E-state index contributed by atoms with van der Waals surface area (Å²) in [6.45, 7) is 1.70. The van der Waals surface area contributed by atoms with Crippen LogP contribution in [-0.2, 0) is 6.61 Å². The predicted molar refractivity (Wildman–Crippen MR) is 84.7 cm³/mol. The number of allylic oxidation sites excluding steroid dienone is 1. The van der Waals surface area contributed by atoms with E-state index >= 15 is 0 Å². The van der Waals surface area contributed by atoms with Gasteiger partial charge in [0.1, 0.15) is 23.7 Å². The highest BCUT2D eigenvalue weighted by Gasteiger charge is 2.32. The van der Waals surface area contributed by atoms with Gasteiger partial charge in [0.2, 0.25) is 5.75 Å². The average Bonchev–Trinajstić information content (AvgIpc) is 2.57. The van der Waals surface area contributed by atoms with Gasteiger partial charge in [-0.3, -0.25) is 4.79 Å². The fourth-order valence-electron chi connectivity index (χ4n) is 2.74. The summed E-state index contributed by atoms with van der Waals surface area (Å²) in [6.07, 6.45) is 3.75. The van der Waals surface area contributed by atoms with Crippen LogP contribution < -0.4 is 15.1 Å². The van der Waals surface area contributed by atoms with Crippen LogP contribution in [0.2, 0.25) is 0 Å². The second-order valence-electron chi connectivity index (χ2n) is 5.08. The third kappa shape index (κ3) is 2.13. The van der Waals surface area contributed by atoms with Gasteiger partial charge >= 0.3 is 5.63 Å². The van der Waals surface area contributed by atoms with Crippen LogP contribution in [0.25, 0.3) is 17.2 Å². The van der Waals surface area contributed by atoms with E-state index in [9.17, 15) is 19.8 Å². The molecule has 0 unspecified atom stereocenters. The molecule has 0 aliphatic carbocycles. The molecule has 0 bridgehead atoms. The molecule has 1 aromatic heterocycles. The molecule has 1 aromatic carbocycles. The smallest absolute Gasteiger partial charge is 0.348 e. The number of phenolic OH excluding ortho intramolecular Hbond substituents is 2. The maximum Gasteiger partial charge on any atom is 0.348 e. The SMILES string of the molecule is C/C=C\c1cc2c(c(=O)o1)-c1c(O)c(O)c(OC)c(C=O)c1CO2. The molecule has 0 radical (unpaired) electrons. The summed E-state index contributed by atoms with van der Waals surface area (Å²) >= 11 is 0. The van der Waals surface area contributed by atoms with Gasteiger partial charge < -0.3 is 24.1 Å². The number of carbonyl (C=O) groups excluding carboxylic acids is 1. The summed E-state index contributed by atoms with van der Waals surface area (Å²) in [7, 11) is 1.25. The molecule has 0 saturated carbocycles. The van der Waals surface area contributed by atoms with Crippen LogP contribution in [0.4, 0.5) is 0 Å². The summed E-state index contributed by atoms with van der Waals surface area (Å²) in [5, 5.41) is 20.4. The van der Waals surface area contributed by atoms with Gasteiger partial charge in [-0.25, -0.2) is 4.79 Å². The molecule has 0 amide bonds. The zero-order valence-electron chi connectivity index (χ0n) is 13.0. The Morgan fingerprint density at radius 1 is 1.25 bits per heavy atom. The Bertz CT molecular complexity index is 922. The van der Waals surface area contributed by atoms with Gasteiger partial charge in [0.15, 0.2) is 17.8 Å². The van der Waals surface area contributed by atoms with Crippen molar-refractivity contribution in [3.05, 3.63) is 39.4 Å². The van der Waals surface area contributed by atoms with Gasteiger partial charge in [0.05, 0.1) is 12.7 Å². The molecule has 0 fully saturated rings. The third-order valence-electron chi connectivity index (χ3n) is 3.76. The van der Waals surface area contributed by atoms with Crippen molar-refractivity contribution in [2.75, 3.05) is 7.11 Å². The lowest BCUT2D eigenvalue weighted by atomic mass is 9.92. The lowest BCUT2D eigenvalue weighted by Gasteiger charge is -2.23. The van der Waals surface area contributed by atoms with Gasteiger partial charge in [0.25, 0.3) is 0 Å². The molecule has 1 aliphatic rings. The quantitative estimate of drug-likeness (QED) is 0.657. The van der Waals surface area contributed by atoms with Crippen LogP contribution in [0, 0.1) is 0 Å². The van der Waals surface area contributed by atoms with Gasteiger partial charge in [-0.15, -0.1) is 0 Å². The Hall–Kier alpha value is -3.22. The molecular formula is C17H14O7. The molecule has 2 N–H and O–H groups in total. The fourth-order valence-corrected chi connectivity index (χ4v) is 2.74. The van der Waals surface area contributed by atoms with Gasteiger partial charge in [-0.05, 0) is 13.0 Å². The zero-order chi connectivity index (χ0) is 17.4. The summed E-state index contributed by atoms with van der Waals surface area (Å²) in [5.74, 6) is -0.879. The van der Waals surface area contributed by atoms with E-state index in [4.69, 9.17) is 13.9 Å². The minimum absolute atomic E-state index is 0.00498. The zero-order valence-corrected chi connectivity index (χ0v) is 13.0. The maximum absolute atomic E-state index is 12.3. The number of aldehydes is 1. The molecule has 24 heavy (non-hydrogen) atoms. The van der Waals surface area contributed by atoms with Crippen molar-refractivity contribution in [3.63, 3.8) is 0 Å². The van der Waals surface area contributed by atoms with Crippen LogP contribution >= 0.6 is 0 Å². The summed E-state index contributed by atoms with van der Waals surface area (Å²) < 4.78 is 15.7. The number of methoxy groups -OCH3 is 1. The van der Waals surface area contributed by atoms with Crippen LogP contribution in [0.1, 0.15) is 28.6 Å². The van der Waals surface area contributed by atoms with E-state index in [1.165, 1.54) is 13.2 Å². The summed E-state index contributed by atoms with van der Waals surface area (Å²) in [5.41, 5.74) is -0.542. The van der Waals surface area contributed by atoms with Crippen LogP contribution in [0.5, 0.6) is 23.0 Å². The van der Waals surface area contributed by atoms with Crippen molar-refractivity contribution in [1.82, 2.24) is 0 Å². The number of hydrogen-bond acceptors (Lipinski definition) is 7. The predicted octanol–water partition coefficient (Wildman–Crippen LogP) is 2.46. The molecule has 1 aliphatic heterocycles. The van der Waals surface area contributed by atoms with Crippen LogP contribution in [0.3, 0.4) is 0 Å². The van der Waals surface area contributed by atoms with Crippen LogP contribution in [0.15, 0.2) is 21.4 Å². The largest absolute Gasteiger partial charge is 0.504 e. The normalized spacial score (nSPS) is 12.4. The first kappa shape index (κ1) is 15.7. The number of aromatic hydroxyl groups is 2. The standard InChI is InChI=1S/C17H14O7/c1-3-4-8-5-11-13(17(21)24-8)12-10(7-23-11)9(6-18)16(22-2)15(20)14(12)19/h3-6,19-20H,7H2,1-2H3/b4-3-. The Balaban J connectivity index is 2.40. The number of carbonyl (C=O) groups is 1. The van der Waals surface area contributed by atoms with Gasteiger partial charge in [-0.1, -0.05) is 6.08 Å². The highest BCUT2D eigenvalue weighted by Crippen LogP contribution is 2.51. The summed E-state index contributed by atoms with van der Waals surface area (Å²) in [6, 6.07) is 1.50. The number of phenols is 2. The lowest BCUT2D eigenvalue weighted by molar-refractivity contribution is 0.111. The van der Waals surface area contributed by atoms with E-state index in [1.807, 2.05) is 0 Å². The van der Waals surface area contributed by atoms with Crippen molar-refractivity contribution in [1.29, 1.82) is 0 Å². The first-order valence-corrected chi connectivity index (χ1v) is 7.07. The molecule has 7 nitrogen and oxygen atoms in total. The number of benzene rings is 1.